The highest BCUT2D eigenvalue weighted by molar-refractivity contribution is 6.00. The number of hydrogen-bond donors (Lipinski definition) is 2. The molecule has 1 rings (SSSR count). The normalized spacial score (nSPS) is 12.4. The van der Waals surface area contributed by atoms with Gasteiger partial charge < -0.3 is 14.6 Å². The average molecular weight is 281 g/mol. The van der Waals surface area contributed by atoms with Crippen molar-refractivity contribution in [3.8, 4) is 17.5 Å². The molecule has 1 heterocycles. The van der Waals surface area contributed by atoms with Crippen LogP contribution in [0.1, 0.15) is 30.6 Å². The number of aromatic amines is 1. The Kier molecular flexibility index (Phi) is 5.37. The molecular weight excluding hydrogens is 262 g/mol. The summed E-state index contributed by atoms with van der Waals surface area (Å²) < 4.78 is 9.82. The molecule has 0 radical (unpaired) electrons. The maximum absolute atomic E-state index is 12.2. The van der Waals surface area contributed by atoms with E-state index in [2.05, 4.69) is 4.98 Å². The van der Waals surface area contributed by atoms with Crippen molar-refractivity contribution in [1.29, 1.82) is 0 Å². The number of aromatic hydroxyl groups is 1. The average Bonchev–Trinajstić information content (AvgIpc) is 2.43. The summed E-state index contributed by atoms with van der Waals surface area (Å²) in [5, 5.41) is 9.84. The SMILES string of the molecule is C/C=C/C[C@@H](C)C(=O)c1c(O)[nH]c(OC)c(OC)c1=O. The molecule has 0 bridgehead atoms. The highest BCUT2D eigenvalue weighted by Gasteiger charge is 2.26. The number of aromatic nitrogens is 1. The maximum atomic E-state index is 12.2. The van der Waals surface area contributed by atoms with Crippen molar-refractivity contribution in [2.45, 2.75) is 20.3 Å². The van der Waals surface area contributed by atoms with Crippen molar-refractivity contribution < 1.29 is 19.4 Å². The molecule has 1 aromatic rings. The quantitative estimate of drug-likeness (QED) is 0.614. The summed E-state index contributed by atoms with van der Waals surface area (Å²) in [6, 6.07) is 0. The minimum atomic E-state index is -0.682. The first kappa shape index (κ1) is 15.8. The Labute approximate surface area is 117 Å². The lowest BCUT2D eigenvalue weighted by Crippen LogP contribution is -2.22. The lowest BCUT2D eigenvalue weighted by atomic mass is 9.96. The largest absolute Gasteiger partial charge is 0.494 e. The molecule has 6 nitrogen and oxygen atoms in total. The number of H-pyrrole nitrogens is 1. The zero-order chi connectivity index (χ0) is 15.3. The molecule has 0 saturated carbocycles. The van der Waals surface area contributed by atoms with E-state index in [1.54, 1.807) is 6.92 Å². The fraction of sp³-hybridized carbons (Fsp3) is 0.429. The van der Waals surface area contributed by atoms with Gasteiger partial charge in [-0.1, -0.05) is 19.1 Å². The van der Waals surface area contributed by atoms with Gasteiger partial charge in [0.15, 0.2) is 5.78 Å². The van der Waals surface area contributed by atoms with E-state index in [0.29, 0.717) is 6.42 Å². The minimum Gasteiger partial charge on any atom is -0.494 e. The molecule has 2 N–H and O–H groups in total. The summed E-state index contributed by atoms with van der Waals surface area (Å²) in [5.41, 5.74) is -0.988. The van der Waals surface area contributed by atoms with Gasteiger partial charge >= 0.3 is 0 Å². The summed E-state index contributed by atoms with van der Waals surface area (Å²) in [6.07, 6.45) is 4.14. The van der Waals surface area contributed by atoms with Crippen LogP contribution in [0.4, 0.5) is 0 Å². The van der Waals surface area contributed by atoms with Gasteiger partial charge in [-0.25, -0.2) is 0 Å². The second-order valence-electron chi connectivity index (χ2n) is 4.31. The standard InChI is InChI=1S/C14H19NO5/c1-5-6-7-8(2)10(16)9-11(17)12(19-3)14(20-4)15-13(9)18/h5-6,8H,7H2,1-4H3,(H2,15,17,18)/b6-5+/t8-/m1/s1. The van der Waals surface area contributed by atoms with Crippen molar-refractivity contribution in [1.82, 2.24) is 4.98 Å². The number of rotatable bonds is 6. The smallest absolute Gasteiger partial charge is 0.242 e. The van der Waals surface area contributed by atoms with Gasteiger partial charge in [-0.2, -0.15) is 0 Å². The molecule has 0 aliphatic rings. The highest BCUT2D eigenvalue weighted by Crippen LogP contribution is 2.26. The molecular formula is C14H19NO5. The molecule has 110 valence electrons. The zero-order valence-electron chi connectivity index (χ0n) is 12.0. The van der Waals surface area contributed by atoms with Crippen LogP contribution >= 0.6 is 0 Å². The molecule has 0 amide bonds. The van der Waals surface area contributed by atoms with Crippen LogP contribution in [0.25, 0.3) is 0 Å². The van der Waals surface area contributed by atoms with Crippen molar-refractivity contribution in [2.75, 3.05) is 14.2 Å². The van der Waals surface area contributed by atoms with Crippen LogP contribution in [-0.4, -0.2) is 30.1 Å². The topological polar surface area (TPSA) is 88.6 Å². The molecule has 1 aromatic heterocycles. The van der Waals surface area contributed by atoms with E-state index in [4.69, 9.17) is 9.47 Å². The number of allylic oxidation sites excluding steroid dienone is 2. The molecule has 0 fully saturated rings. The number of ether oxygens (including phenoxy) is 2. The number of pyridine rings is 1. The Balaban J connectivity index is 3.32. The Morgan fingerprint density at radius 3 is 2.55 bits per heavy atom. The van der Waals surface area contributed by atoms with Crippen LogP contribution in [0.15, 0.2) is 16.9 Å². The van der Waals surface area contributed by atoms with Gasteiger partial charge in [-0.05, 0) is 13.3 Å². The van der Waals surface area contributed by atoms with Gasteiger partial charge in [-0.15, -0.1) is 0 Å². The van der Waals surface area contributed by atoms with E-state index in [1.807, 2.05) is 19.1 Å². The monoisotopic (exact) mass is 281 g/mol. The fourth-order valence-electron chi connectivity index (χ4n) is 1.80. The Bertz CT molecular complexity index is 574. The summed E-state index contributed by atoms with van der Waals surface area (Å²) >= 11 is 0. The second kappa shape index (κ2) is 6.79. The predicted octanol–water partition coefficient (Wildman–Crippen LogP) is 1.88. The van der Waals surface area contributed by atoms with Crippen LogP contribution in [-0.2, 0) is 0 Å². The molecule has 6 heteroatoms. The van der Waals surface area contributed by atoms with Crippen molar-refractivity contribution >= 4 is 5.78 Å². The summed E-state index contributed by atoms with van der Waals surface area (Å²) in [5.74, 6) is -1.52. The molecule has 1 atom stereocenters. The molecule has 20 heavy (non-hydrogen) atoms. The molecule has 0 saturated heterocycles. The fourth-order valence-corrected chi connectivity index (χ4v) is 1.80. The van der Waals surface area contributed by atoms with E-state index in [-0.39, 0.29) is 17.2 Å². The number of hydrogen-bond acceptors (Lipinski definition) is 5. The van der Waals surface area contributed by atoms with Crippen molar-refractivity contribution in [2.24, 2.45) is 5.92 Å². The number of nitrogens with one attached hydrogen (secondary N) is 1. The van der Waals surface area contributed by atoms with Gasteiger partial charge in [0.25, 0.3) is 0 Å². The summed E-state index contributed by atoms with van der Waals surface area (Å²) in [6.45, 7) is 3.54. The van der Waals surface area contributed by atoms with E-state index in [9.17, 15) is 14.7 Å². The van der Waals surface area contributed by atoms with Crippen LogP contribution in [0, 0.1) is 5.92 Å². The minimum absolute atomic E-state index is 0.0207. The lowest BCUT2D eigenvalue weighted by molar-refractivity contribution is 0.0925. The van der Waals surface area contributed by atoms with Gasteiger partial charge in [0.1, 0.15) is 5.56 Å². The predicted molar refractivity (Wildman–Crippen MR) is 74.8 cm³/mol. The number of carbonyl (C=O) groups excluding carboxylic acids is 1. The first-order valence-corrected chi connectivity index (χ1v) is 6.20. The Hall–Kier alpha value is -2.24. The van der Waals surface area contributed by atoms with Crippen LogP contribution in [0.3, 0.4) is 0 Å². The number of carbonyl (C=O) groups is 1. The first-order valence-electron chi connectivity index (χ1n) is 6.20. The van der Waals surface area contributed by atoms with E-state index < -0.39 is 23.0 Å². The number of ketones is 1. The Morgan fingerprint density at radius 1 is 1.40 bits per heavy atom. The van der Waals surface area contributed by atoms with Crippen molar-refractivity contribution in [3.63, 3.8) is 0 Å². The first-order chi connectivity index (χ1) is 9.47. The van der Waals surface area contributed by atoms with Crippen molar-refractivity contribution in [3.05, 3.63) is 27.9 Å². The van der Waals surface area contributed by atoms with Gasteiger partial charge in [0.2, 0.25) is 22.9 Å². The third-order valence-electron chi connectivity index (χ3n) is 2.94. The van der Waals surface area contributed by atoms with Crippen LogP contribution < -0.4 is 14.9 Å². The zero-order valence-corrected chi connectivity index (χ0v) is 12.0. The van der Waals surface area contributed by atoms with Gasteiger partial charge in [-0.3, -0.25) is 14.6 Å². The third-order valence-corrected chi connectivity index (χ3v) is 2.94. The lowest BCUT2D eigenvalue weighted by Gasteiger charge is -2.12. The van der Waals surface area contributed by atoms with Crippen LogP contribution in [0.2, 0.25) is 0 Å². The maximum Gasteiger partial charge on any atom is 0.242 e. The molecule has 0 unspecified atom stereocenters. The van der Waals surface area contributed by atoms with E-state index >= 15 is 0 Å². The number of Topliss-reactive ketones (excluding diaryl/α,β-unsaturated/α-hetero) is 1. The number of methoxy groups -OCH3 is 2. The highest BCUT2D eigenvalue weighted by atomic mass is 16.5. The van der Waals surface area contributed by atoms with E-state index in [1.165, 1.54) is 14.2 Å². The molecule has 0 aromatic carbocycles. The second-order valence-corrected chi connectivity index (χ2v) is 4.31. The van der Waals surface area contributed by atoms with Crippen LogP contribution in [0.5, 0.6) is 17.5 Å². The van der Waals surface area contributed by atoms with E-state index in [0.717, 1.165) is 0 Å². The Morgan fingerprint density at radius 2 is 2.05 bits per heavy atom. The summed E-state index contributed by atoms with van der Waals surface area (Å²) in [7, 11) is 2.62. The van der Waals surface area contributed by atoms with Gasteiger partial charge in [0.05, 0.1) is 14.2 Å². The molecule has 0 spiro atoms. The molecule has 0 aliphatic carbocycles. The third kappa shape index (κ3) is 3.01. The summed E-state index contributed by atoms with van der Waals surface area (Å²) in [4.78, 5) is 26.9. The molecule has 0 aliphatic heterocycles. The van der Waals surface area contributed by atoms with Gasteiger partial charge in [0, 0.05) is 5.92 Å².